The first-order valence-corrected chi connectivity index (χ1v) is 12.6. The Morgan fingerprint density at radius 3 is 2.53 bits per heavy atom. The van der Waals surface area contributed by atoms with Gasteiger partial charge in [0.25, 0.3) is 0 Å². The molecule has 0 radical (unpaired) electrons. The molecule has 0 fully saturated rings. The smallest absolute Gasteiger partial charge is 0.118 e. The lowest BCUT2D eigenvalue weighted by molar-refractivity contribution is 0.0770. The standard InChI is InChI=1S/C27H38N2O2S/c1-6-28(7-2)23(20-31-19-21(3)4)18-29-25(22-12-14-24(30-5)15-13-22)16-17-32-27-11-9-8-10-26(27)29/h8-15,23,25H,3,6-7,16-20H2,1-2,4-5H3. The molecule has 0 amide bonds. The fraction of sp³-hybridized carbons (Fsp3) is 0.481. The maximum atomic E-state index is 6.08. The van der Waals surface area contributed by atoms with E-state index in [4.69, 9.17) is 9.47 Å². The van der Waals surface area contributed by atoms with E-state index in [2.05, 4.69) is 78.8 Å². The van der Waals surface area contributed by atoms with Crippen LogP contribution in [-0.4, -0.2) is 56.7 Å². The fourth-order valence-electron chi connectivity index (χ4n) is 4.43. The lowest BCUT2D eigenvalue weighted by Crippen LogP contribution is -2.48. The van der Waals surface area contributed by atoms with Crippen LogP contribution in [0.2, 0.25) is 0 Å². The van der Waals surface area contributed by atoms with Crippen molar-refractivity contribution >= 4 is 17.4 Å². The van der Waals surface area contributed by atoms with Gasteiger partial charge in [-0.05, 0) is 56.3 Å². The van der Waals surface area contributed by atoms with Gasteiger partial charge in [0, 0.05) is 17.2 Å². The Balaban J connectivity index is 1.95. The van der Waals surface area contributed by atoms with Gasteiger partial charge in [0.2, 0.25) is 0 Å². The summed E-state index contributed by atoms with van der Waals surface area (Å²) in [7, 11) is 1.72. The Bertz CT molecular complexity index is 851. The molecule has 2 aromatic rings. The van der Waals surface area contributed by atoms with Crippen LogP contribution in [0, 0.1) is 0 Å². The van der Waals surface area contributed by atoms with E-state index < -0.39 is 0 Å². The number of benzene rings is 2. The van der Waals surface area contributed by atoms with Gasteiger partial charge in [0.05, 0.1) is 38.1 Å². The van der Waals surface area contributed by atoms with Crippen LogP contribution in [-0.2, 0) is 4.74 Å². The van der Waals surface area contributed by atoms with Gasteiger partial charge in [0.15, 0.2) is 0 Å². The van der Waals surface area contributed by atoms with Crippen LogP contribution in [0.3, 0.4) is 0 Å². The molecule has 2 aromatic carbocycles. The number of para-hydroxylation sites is 1. The molecule has 32 heavy (non-hydrogen) atoms. The summed E-state index contributed by atoms with van der Waals surface area (Å²) in [5.74, 6) is 2.00. The third-order valence-electron chi connectivity index (χ3n) is 6.10. The van der Waals surface area contributed by atoms with Crippen LogP contribution >= 0.6 is 11.8 Å². The molecule has 0 N–H and O–H groups in total. The van der Waals surface area contributed by atoms with E-state index in [1.54, 1.807) is 7.11 Å². The number of nitrogens with zero attached hydrogens (tertiary/aromatic N) is 2. The van der Waals surface area contributed by atoms with Crippen molar-refractivity contribution in [3.63, 3.8) is 0 Å². The predicted molar refractivity (Wildman–Crippen MR) is 137 cm³/mol. The van der Waals surface area contributed by atoms with E-state index >= 15 is 0 Å². The van der Waals surface area contributed by atoms with Crippen molar-refractivity contribution in [1.29, 1.82) is 0 Å². The van der Waals surface area contributed by atoms with Crippen molar-refractivity contribution in [3.8, 4) is 5.75 Å². The average molecular weight is 455 g/mol. The highest BCUT2D eigenvalue weighted by atomic mass is 32.2. The van der Waals surface area contributed by atoms with Gasteiger partial charge in [-0.2, -0.15) is 0 Å². The van der Waals surface area contributed by atoms with E-state index in [-0.39, 0.29) is 0 Å². The van der Waals surface area contributed by atoms with E-state index in [0.717, 1.165) is 43.1 Å². The van der Waals surface area contributed by atoms with Gasteiger partial charge in [-0.15, -0.1) is 11.8 Å². The minimum atomic E-state index is 0.307. The molecule has 2 unspecified atom stereocenters. The summed E-state index contributed by atoms with van der Waals surface area (Å²) >= 11 is 1.97. The number of hydrogen-bond donors (Lipinski definition) is 0. The molecule has 1 aliphatic heterocycles. The van der Waals surface area contributed by atoms with Gasteiger partial charge >= 0.3 is 0 Å². The largest absolute Gasteiger partial charge is 0.497 e. The Morgan fingerprint density at radius 2 is 1.88 bits per heavy atom. The second-order valence-corrected chi connectivity index (χ2v) is 9.53. The molecular weight excluding hydrogens is 416 g/mol. The summed E-state index contributed by atoms with van der Waals surface area (Å²) in [5, 5.41) is 0. The number of anilines is 1. The van der Waals surface area contributed by atoms with Gasteiger partial charge in [-0.25, -0.2) is 0 Å². The van der Waals surface area contributed by atoms with Gasteiger partial charge in [-0.3, -0.25) is 4.90 Å². The van der Waals surface area contributed by atoms with Crippen LogP contribution < -0.4 is 9.64 Å². The highest BCUT2D eigenvalue weighted by Crippen LogP contribution is 2.41. The lowest BCUT2D eigenvalue weighted by Gasteiger charge is -2.39. The molecule has 5 heteroatoms. The van der Waals surface area contributed by atoms with Gasteiger partial charge in [0.1, 0.15) is 5.75 Å². The summed E-state index contributed by atoms with van der Waals surface area (Å²) in [6.07, 6.45) is 1.10. The highest BCUT2D eigenvalue weighted by Gasteiger charge is 2.30. The van der Waals surface area contributed by atoms with Crippen LogP contribution in [0.5, 0.6) is 5.75 Å². The van der Waals surface area contributed by atoms with Crippen LogP contribution in [0.4, 0.5) is 5.69 Å². The first-order chi connectivity index (χ1) is 15.6. The lowest BCUT2D eigenvalue weighted by atomic mass is 10.0. The molecule has 0 aliphatic carbocycles. The molecule has 2 atom stereocenters. The number of ether oxygens (including phenoxy) is 2. The topological polar surface area (TPSA) is 24.9 Å². The first kappa shape index (κ1) is 24.7. The minimum absolute atomic E-state index is 0.307. The number of likely N-dealkylation sites (N-methyl/N-ethyl adjacent to an activating group) is 1. The van der Waals surface area contributed by atoms with Crippen LogP contribution in [0.1, 0.15) is 38.8 Å². The zero-order valence-electron chi connectivity index (χ0n) is 20.0. The predicted octanol–water partition coefficient (Wildman–Crippen LogP) is 6.04. The Kier molecular flexibility index (Phi) is 9.51. The molecule has 0 aromatic heterocycles. The summed E-state index contributed by atoms with van der Waals surface area (Å²) in [6.45, 7) is 14.8. The molecule has 0 saturated carbocycles. The van der Waals surface area contributed by atoms with E-state index in [1.807, 2.05) is 18.7 Å². The maximum absolute atomic E-state index is 6.08. The molecule has 0 bridgehead atoms. The number of fused-ring (bicyclic) bond motifs is 1. The summed E-state index contributed by atoms with van der Waals surface area (Å²) in [6, 6.07) is 18.1. The molecule has 1 heterocycles. The normalized spacial score (nSPS) is 17.0. The third kappa shape index (κ3) is 6.31. The SMILES string of the molecule is C=C(C)COCC(CN1c2ccccc2SCCC1c1ccc(OC)cc1)N(CC)CC. The molecule has 1 aliphatic rings. The van der Waals surface area contributed by atoms with Crippen molar-refractivity contribution in [2.24, 2.45) is 0 Å². The molecular formula is C27H38N2O2S. The zero-order valence-corrected chi connectivity index (χ0v) is 20.9. The van der Waals surface area contributed by atoms with Crippen molar-refractivity contribution < 1.29 is 9.47 Å². The molecule has 4 nitrogen and oxygen atoms in total. The summed E-state index contributed by atoms with van der Waals surface area (Å²) in [5.41, 5.74) is 3.73. The quantitative estimate of drug-likeness (QED) is 0.385. The Morgan fingerprint density at radius 1 is 1.16 bits per heavy atom. The third-order valence-corrected chi connectivity index (χ3v) is 7.19. The Labute approximate surface area is 198 Å². The molecule has 3 rings (SSSR count). The van der Waals surface area contributed by atoms with Gasteiger partial charge in [-0.1, -0.05) is 50.3 Å². The summed E-state index contributed by atoms with van der Waals surface area (Å²) < 4.78 is 11.5. The number of methoxy groups -OCH3 is 1. The first-order valence-electron chi connectivity index (χ1n) is 11.7. The van der Waals surface area contributed by atoms with Gasteiger partial charge < -0.3 is 14.4 Å². The number of rotatable bonds is 11. The van der Waals surface area contributed by atoms with Crippen molar-refractivity contribution in [2.75, 3.05) is 50.6 Å². The molecule has 174 valence electrons. The van der Waals surface area contributed by atoms with E-state index in [0.29, 0.717) is 25.3 Å². The summed E-state index contributed by atoms with van der Waals surface area (Å²) in [4.78, 5) is 6.50. The van der Waals surface area contributed by atoms with E-state index in [9.17, 15) is 0 Å². The van der Waals surface area contributed by atoms with E-state index in [1.165, 1.54) is 16.1 Å². The monoisotopic (exact) mass is 454 g/mol. The Hall–Kier alpha value is -1.95. The number of hydrogen-bond acceptors (Lipinski definition) is 5. The van der Waals surface area contributed by atoms with Crippen LogP contribution in [0.25, 0.3) is 0 Å². The average Bonchev–Trinajstić information content (AvgIpc) is 2.99. The highest BCUT2D eigenvalue weighted by molar-refractivity contribution is 7.99. The molecule has 0 spiro atoms. The van der Waals surface area contributed by atoms with Crippen molar-refractivity contribution in [1.82, 2.24) is 4.90 Å². The molecule has 0 saturated heterocycles. The second-order valence-electron chi connectivity index (χ2n) is 8.39. The van der Waals surface area contributed by atoms with Crippen LogP contribution in [0.15, 0.2) is 65.6 Å². The zero-order chi connectivity index (χ0) is 22.9. The maximum Gasteiger partial charge on any atom is 0.118 e. The van der Waals surface area contributed by atoms with Crippen molar-refractivity contribution in [3.05, 3.63) is 66.2 Å². The number of thioether (sulfide) groups is 1. The minimum Gasteiger partial charge on any atom is -0.497 e. The fourth-order valence-corrected chi connectivity index (χ4v) is 5.50. The van der Waals surface area contributed by atoms with Crippen molar-refractivity contribution in [2.45, 2.75) is 44.2 Å². The second kappa shape index (κ2) is 12.3.